The predicted octanol–water partition coefficient (Wildman–Crippen LogP) is 1.79. The minimum absolute atomic E-state index is 0.0907. The van der Waals surface area contributed by atoms with Crippen LogP contribution in [0.3, 0.4) is 0 Å². The summed E-state index contributed by atoms with van der Waals surface area (Å²) >= 11 is 0. The van der Waals surface area contributed by atoms with Crippen LogP contribution < -0.4 is 10.1 Å². The van der Waals surface area contributed by atoms with Crippen molar-refractivity contribution < 1.29 is 9.53 Å². The molecule has 2 aromatic rings. The van der Waals surface area contributed by atoms with E-state index in [1.54, 1.807) is 17.7 Å². The van der Waals surface area contributed by atoms with E-state index in [2.05, 4.69) is 10.3 Å². The van der Waals surface area contributed by atoms with Crippen LogP contribution in [-0.2, 0) is 0 Å². The Bertz CT molecular complexity index is 575. The van der Waals surface area contributed by atoms with E-state index in [0.29, 0.717) is 17.9 Å². The van der Waals surface area contributed by atoms with Crippen LogP contribution in [-0.4, -0.2) is 28.9 Å². The number of aryl methyl sites for hydroxylation is 1. The van der Waals surface area contributed by atoms with Crippen molar-refractivity contribution in [2.24, 2.45) is 0 Å². The fourth-order valence-electron chi connectivity index (χ4n) is 1.87. The van der Waals surface area contributed by atoms with Crippen molar-refractivity contribution in [2.45, 2.75) is 20.3 Å². The molecule has 5 heteroatoms. The van der Waals surface area contributed by atoms with Crippen LogP contribution in [0, 0.1) is 6.92 Å². The molecule has 0 aliphatic carbocycles. The summed E-state index contributed by atoms with van der Waals surface area (Å²) in [4.78, 5) is 16.4. The van der Waals surface area contributed by atoms with Gasteiger partial charge in [-0.15, -0.1) is 0 Å². The first-order valence-electron chi connectivity index (χ1n) is 5.98. The molecule has 5 nitrogen and oxygen atoms in total. The lowest BCUT2D eigenvalue weighted by Crippen LogP contribution is -2.26. The van der Waals surface area contributed by atoms with E-state index < -0.39 is 0 Å². The summed E-state index contributed by atoms with van der Waals surface area (Å²) in [6.07, 6.45) is 2.71. The quantitative estimate of drug-likeness (QED) is 0.896. The summed E-state index contributed by atoms with van der Waals surface area (Å²) in [6, 6.07) is 3.62. The van der Waals surface area contributed by atoms with E-state index in [9.17, 15) is 4.79 Å². The molecule has 2 rings (SSSR count). The minimum Gasteiger partial charge on any atom is -0.497 e. The third-order valence-corrected chi connectivity index (χ3v) is 2.76. The van der Waals surface area contributed by atoms with Crippen molar-refractivity contribution in [3.63, 3.8) is 0 Å². The molecule has 0 atom stereocenters. The van der Waals surface area contributed by atoms with Crippen molar-refractivity contribution in [1.82, 2.24) is 14.7 Å². The molecule has 0 spiro atoms. The first-order valence-corrected chi connectivity index (χ1v) is 5.98. The molecule has 2 aromatic heterocycles. The number of rotatable bonds is 4. The number of hydrogen-bond donors (Lipinski definition) is 1. The van der Waals surface area contributed by atoms with E-state index >= 15 is 0 Å². The number of carbonyl (C=O) groups is 1. The minimum atomic E-state index is -0.0907. The molecule has 1 N–H and O–H groups in total. The number of aromatic nitrogens is 2. The number of nitrogens with one attached hydrogen (secondary N) is 1. The number of hydrogen-bond acceptors (Lipinski definition) is 3. The summed E-state index contributed by atoms with van der Waals surface area (Å²) in [7, 11) is 1.61. The monoisotopic (exact) mass is 247 g/mol. The molecular formula is C13H17N3O2. The van der Waals surface area contributed by atoms with Crippen molar-refractivity contribution in [3.8, 4) is 5.75 Å². The molecule has 1 amide bonds. The second kappa shape index (κ2) is 5.08. The van der Waals surface area contributed by atoms with Crippen LogP contribution in [0.1, 0.15) is 29.5 Å². The Labute approximate surface area is 106 Å². The lowest BCUT2D eigenvalue weighted by Gasteiger charge is -2.05. The molecule has 0 saturated heterocycles. The standard InChI is InChI=1S/C13H17N3O2/c1-4-6-14-13(17)12-9(2)15-11-8-10(18-3)5-7-16(11)12/h5,7-8H,4,6H2,1-3H3,(H,14,17). The Hall–Kier alpha value is -2.04. The van der Waals surface area contributed by atoms with E-state index in [1.807, 2.05) is 26.0 Å². The highest BCUT2D eigenvalue weighted by molar-refractivity contribution is 5.94. The Morgan fingerprint density at radius 2 is 2.33 bits per heavy atom. The summed E-state index contributed by atoms with van der Waals surface area (Å²) in [6.45, 7) is 4.52. The highest BCUT2D eigenvalue weighted by atomic mass is 16.5. The number of ether oxygens (including phenoxy) is 1. The topological polar surface area (TPSA) is 55.6 Å². The zero-order valence-corrected chi connectivity index (χ0v) is 10.9. The maximum Gasteiger partial charge on any atom is 0.270 e. The SMILES string of the molecule is CCCNC(=O)c1c(C)nc2cc(OC)ccn12. The smallest absolute Gasteiger partial charge is 0.270 e. The van der Waals surface area contributed by atoms with Crippen LogP contribution >= 0.6 is 0 Å². The maximum atomic E-state index is 12.1. The van der Waals surface area contributed by atoms with Crippen LogP contribution in [0.15, 0.2) is 18.3 Å². The number of methoxy groups -OCH3 is 1. The molecule has 0 bridgehead atoms. The summed E-state index contributed by atoms with van der Waals surface area (Å²) < 4.78 is 6.92. The van der Waals surface area contributed by atoms with Gasteiger partial charge in [-0.3, -0.25) is 9.20 Å². The lowest BCUT2D eigenvalue weighted by molar-refractivity contribution is 0.0947. The zero-order chi connectivity index (χ0) is 13.1. The highest BCUT2D eigenvalue weighted by Gasteiger charge is 2.16. The third kappa shape index (κ3) is 2.16. The number of fused-ring (bicyclic) bond motifs is 1. The van der Waals surface area contributed by atoms with Crippen molar-refractivity contribution in [2.75, 3.05) is 13.7 Å². The summed E-state index contributed by atoms with van der Waals surface area (Å²) in [5.74, 6) is 0.639. The summed E-state index contributed by atoms with van der Waals surface area (Å²) in [5, 5.41) is 2.87. The van der Waals surface area contributed by atoms with Crippen molar-refractivity contribution in [1.29, 1.82) is 0 Å². The van der Waals surface area contributed by atoms with E-state index in [0.717, 1.165) is 17.9 Å². The molecule has 0 aliphatic rings. The van der Waals surface area contributed by atoms with Gasteiger partial charge in [-0.25, -0.2) is 4.98 Å². The van der Waals surface area contributed by atoms with Crippen LogP contribution in [0.4, 0.5) is 0 Å². The first kappa shape index (κ1) is 12.4. The molecular weight excluding hydrogens is 230 g/mol. The fourth-order valence-corrected chi connectivity index (χ4v) is 1.87. The van der Waals surface area contributed by atoms with E-state index in [1.165, 1.54) is 0 Å². The van der Waals surface area contributed by atoms with Gasteiger partial charge in [0.1, 0.15) is 17.1 Å². The molecule has 2 heterocycles. The molecule has 96 valence electrons. The van der Waals surface area contributed by atoms with Gasteiger partial charge >= 0.3 is 0 Å². The molecule has 0 saturated carbocycles. The highest BCUT2D eigenvalue weighted by Crippen LogP contribution is 2.17. The first-order chi connectivity index (χ1) is 8.67. The second-order valence-corrected chi connectivity index (χ2v) is 4.10. The molecule has 18 heavy (non-hydrogen) atoms. The number of imidazole rings is 1. The predicted molar refractivity (Wildman–Crippen MR) is 69.1 cm³/mol. The Kier molecular flexibility index (Phi) is 3.50. The molecule has 0 radical (unpaired) electrons. The van der Waals surface area contributed by atoms with Gasteiger partial charge in [-0.1, -0.05) is 6.92 Å². The van der Waals surface area contributed by atoms with Gasteiger partial charge < -0.3 is 10.1 Å². The lowest BCUT2D eigenvalue weighted by atomic mass is 10.3. The summed E-state index contributed by atoms with van der Waals surface area (Å²) in [5.41, 5.74) is 2.02. The Morgan fingerprint density at radius 3 is 3.00 bits per heavy atom. The van der Waals surface area contributed by atoms with E-state index in [4.69, 9.17) is 4.74 Å². The van der Waals surface area contributed by atoms with Gasteiger partial charge in [0.25, 0.3) is 5.91 Å². The van der Waals surface area contributed by atoms with E-state index in [-0.39, 0.29) is 5.91 Å². The number of amides is 1. The third-order valence-electron chi connectivity index (χ3n) is 2.76. The van der Waals surface area contributed by atoms with Gasteiger partial charge in [0.05, 0.1) is 12.8 Å². The van der Waals surface area contributed by atoms with Gasteiger partial charge in [0.15, 0.2) is 0 Å². The molecule has 0 unspecified atom stereocenters. The second-order valence-electron chi connectivity index (χ2n) is 4.10. The molecule has 0 aromatic carbocycles. The Balaban J connectivity index is 2.44. The molecule has 0 aliphatic heterocycles. The fraction of sp³-hybridized carbons (Fsp3) is 0.385. The largest absolute Gasteiger partial charge is 0.497 e. The molecule has 0 fully saturated rings. The average Bonchev–Trinajstić information content (AvgIpc) is 2.70. The van der Waals surface area contributed by atoms with Crippen LogP contribution in [0.25, 0.3) is 5.65 Å². The van der Waals surface area contributed by atoms with Gasteiger partial charge in [-0.05, 0) is 19.4 Å². The van der Waals surface area contributed by atoms with Crippen molar-refractivity contribution >= 4 is 11.6 Å². The van der Waals surface area contributed by atoms with Crippen LogP contribution in [0.2, 0.25) is 0 Å². The van der Waals surface area contributed by atoms with Crippen molar-refractivity contribution in [3.05, 3.63) is 29.7 Å². The zero-order valence-electron chi connectivity index (χ0n) is 10.9. The number of pyridine rings is 1. The van der Waals surface area contributed by atoms with Gasteiger partial charge in [0, 0.05) is 18.8 Å². The normalized spacial score (nSPS) is 10.6. The Morgan fingerprint density at radius 1 is 1.56 bits per heavy atom. The average molecular weight is 247 g/mol. The van der Waals surface area contributed by atoms with Crippen LogP contribution in [0.5, 0.6) is 5.75 Å². The van der Waals surface area contributed by atoms with Gasteiger partial charge in [0.2, 0.25) is 0 Å². The number of nitrogens with zero attached hydrogens (tertiary/aromatic N) is 2. The van der Waals surface area contributed by atoms with Gasteiger partial charge in [-0.2, -0.15) is 0 Å². The number of carbonyl (C=O) groups excluding carboxylic acids is 1. The maximum absolute atomic E-state index is 12.1.